The number of aryl methyl sites for hydroxylation is 2. The minimum absolute atomic E-state index is 0.474. The Balaban J connectivity index is 1.47. The van der Waals surface area contributed by atoms with Gasteiger partial charge in [0.2, 0.25) is 17.1 Å². The number of thiazole rings is 1. The van der Waals surface area contributed by atoms with Crippen LogP contribution in [-0.4, -0.2) is 19.9 Å². The number of hydrogen-bond donors (Lipinski definition) is 2. The van der Waals surface area contributed by atoms with E-state index in [1.165, 1.54) is 22.9 Å². The van der Waals surface area contributed by atoms with Gasteiger partial charge < -0.3 is 10.6 Å². The van der Waals surface area contributed by atoms with Gasteiger partial charge in [0, 0.05) is 11.4 Å². The first-order valence-electron chi connectivity index (χ1n) is 10.1. The van der Waals surface area contributed by atoms with E-state index >= 15 is 0 Å². The molecular weight excluding hydrogens is 436 g/mol. The van der Waals surface area contributed by atoms with Gasteiger partial charge in [-0.05, 0) is 62.0 Å². The predicted molar refractivity (Wildman–Crippen MR) is 132 cm³/mol. The molecule has 8 heteroatoms. The van der Waals surface area contributed by atoms with Crippen LogP contribution in [0.25, 0.3) is 10.2 Å². The number of hydrogen-bond acceptors (Lipinski definition) is 8. The molecule has 32 heavy (non-hydrogen) atoms. The lowest BCUT2D eigenvalue weighted by Gasteiger charge is -2.10. The van der Waals surface area contributed by atoms with E-state index in [0.717, 1.165) is 25.9 Å². The van der Waals surface area contributed by atoms with Crippen molar-refractivity contribution in [1.29, 1.82) is 0 Å². The SMILES string of the molecule is Cc1ccc(Nc2nc(Nc3ccc(C)cc3)nc(Sc3nc4ccccc4s3)n2)cc1. The number of rotatable bonds is 6. The third-order valence-electron chi connectivity index (χ3n) is 4.68. The van der Waals surface area contributed by atoms with Crippen LogP contribution in [0.15, 0.2) is 82.3 Å². The number of nitrogens with one attached hydrogen (secondary N) is 2. The van der Waals surface area contributed by atoms with Crippen LogP contribution in [-0.2, 0) is 0 Å². The summed E-state index contributed by atoms with van der Waals surface area (Å²) in [4.78, 5) is 18.5. The monoisotopic (exact) mass is 456 g/mol. The van der Waals surface area contributed by atoms with Gasteiger partial charge in [0.1, 0.15) is 0 Å². The van der Waals surface area contributed by atoms with E-state index in [-0.39, 0.29) is 0 Å². The summed E-state index contributed by atoms with van der Waals surface area (Å²) in [6.45, 7) is 4.12. The average molecular weight is 457 g/mol. The van der Waals surface area contributed by atoms with Gasteiger partial charge in [-0.1, -0.05) is 47.5 Å². The molecule has 0 fully saturated rings. The van der Waals surface area contributed by atoms with Crippen LogP contribution < -0.4 is 10.6 Å². The topological polar surface area (TPSA) is 75.6 Å². The van der Waals surface area contributed by atoms with Crippen molar-refractivity contribution >= 4 is 56.6 Å². The standard InChI is InChI=1S/C24H20N6S2/c1-15-7-11-17(12-8-15)25-21-28-22(26-18-13-9-16(2)10-14-18)30-23(29-21)32-24-27-19-5-3-4-6-20(19)31-24/h3-14H,1-2H3,(H2,25,26,28,29,30). The van der Waals surface area contributed by atoms with Gasteiger partial charge in [0.25, 0.3) is 0 Å². The third kappa shape index (κ3) is 4.87. The van der Waals surface area contributed by atoms with Crippen molar-refractivity contribution in [2.75, 3.05) is 10.6 Å². The van der Waals surface area contributed by atoms with Crippen LogP contribution in [0.5, 0.6) is 0 Å². The smallest absolute Gasteiger partial charge is 0.233 e. The van der Waals surface area contributed by atoms with E-state index in [1.54, 1.807) is 11.3 Å². The molecule has 0 amide bonds. The molecule has 158 valence electrons. The molecule has 0 aliphatic heterocycles. The lowest BCUT2D eigenvalue weighted by molar-refractivity contribution is 0.919. The van der Waals surface area contributed by atoms with Gasteiger partial charge in [0.15, 0.2) is 4.34 Å². The van der Waals surface area contributed by atoms with Gasteiger partial charge in [-0.2, -0.15) is 15.0 Å². The van der Waals surface area contributed by atoms with Crippen molar-refractivity contribution in [1.82, 2.24) is 19.9 Å². The Hall–Kier alpha value is -3.49. The van der Waals surface area contributed by atoms with Crippen LogP contribution >= 0.6 is 23.1 Å². The molecule has 5 rings (SSSR count). The van der Waals surface area contributed by atoms with Gasteiger partial charge >= 0.3 is 0 Å². The molecule has 0 spiro atoms. The van der Waals surface area contributed by atoms with E-state index in [4.69, 9.17) is 4.98 Å². The van der Waals surface area contributed by atoms with Crippen LogP contribution in [0.1, 0.15) is 11.1 Å². The lowest BCUT2D eigenvalue weighted by atomic mass is 10.2. The lowest BCUT2D eigenvalue weighted by Crippen LogP contribution is -2.05. The highest BCUT2D eigenvalue weighted by molar-refractivity contribution is 8.01. The number of para-hydroxylation sites is 1. The van der Waals surface area contributed by atoms with Crippen molar-refractivity contribution < 1.29 is 0 Å². The van der Waals surface area contributed by atoms with Crippen LogP contribution in [0, 0.1) is 13.8 Å². The highest BCUT2D eigenvalue weighted by atomic mass is 32.2. The van der Waals surface area contributed by atoms with Crippen LogP contribution in [0.2, 0.25) is 0 Å². The molecule has 2 heterocycles. The van der Waals surface area contributed by atoms with E-state index in [9.17, 15) is 0 Å². The van der Waals surface area contributed by atoms with E-state index in [2.05, 4.69) is 45.5 Å². The first-order valence-corrected chi connectivity index (χ1v) is 11.7. The molecule has 0 radical (unpaired) electrons. The van der Waals surface area contributed by atoms with Gasteiger partial charge in [-0.15, -0.1) is 11.3 Å². The molecule has 3 aromatic carbocycles. The Bertz CT molecular complexity index is 1270. The van der Waals surface area contributed by atoms with Crippen molar-refractivity contribution in [3.8, 4) is 0 Å². The van der Waals surface area contributed by atoms with Crippen molar-refractivity contribution in [3.05, 3.63) is 83.9 Å². The molecule has 0 unspecified atom stereocenters. The first-order chi connectivity index (χ1) is 15.6. The molecule has 2 N–H and O–H groups in total. The summed E-state index contributed by atoms with van der Waals surface area (Å²) >= 11 is 3.06. The fraction of sp³-hybridized carbons (Fsp3) is 0.0833. The van der Waals surface area contributed by atoms with Crippen molar-refractivity contribution in [2.45, 2.75) is 23.3 Å². The fourth-order valence-electron chi connectivity index (χ4n) is 3.02. The molecule has 0 aliphatic carbocycles. The van der Waals surface area contributed by atoms with E-state index in [0.29, 0.717) is 17.1 Å². The summed E-state index contributed by atoms with van der Waals surface area (Å²) in [5, 5.41) is 7.15. The summed E-state index contributed by atoms with van der Waals surface area (Å²) in [7, 11) is 0. The maximum absolute atomic E-state index is 4.69. The molecular formula is C24H20N6S2. The molecule has 0 atom stereocenters. The maximum Gasteiger partial charge on any atom is 0.233 e. The summed E-state index contributed by atoms with van der Waals surface area (Å²) in [5.41, 5.74) is 5.20. The fourth-order valence-corrected chi connectivity index (χ4v) is 4.94. The summed E-state index contributed by atoms with van der Waals surface area (Å²) in [6.07, 6.45) is 0. The predicted octanol–water partition coefficient (Wildman–Crippen LogP) is 6.74. The molecule has 0 bridgehead atoms. The molecule has 0 saturated carbocycles. The molecule has 0 saturated heterocycles. The van der Waals surface area contributed by atoms with Gasteiger partial charge in [0.05, 0.1) is 10.2 Å². The normalized spacial score (nSPS) is 10.9. The Morgan fingerprint density at radius 1 is 0.656 bits per heavy atom. The van der Waals surface area contributed by atoms with E-state index in [1.807, 2.05) is 66.7 Å². The zero-order valence-corrected chi connectivity index (χ0v) is 19.2. The highest BCUT2D eigenvalue weighted by Gasteiger charge is 2.12. The zero-order valence-electron chi connectivity index (χ0n) is 17.5. The Morgan fingerprint density at radius 3 is 1.78 bits per heavy atom. The van der Waals surface area contributed by atoms with Gasteiger partial charge in [-0.25, -0.2) is 4.98 Å². The Kier molecular flexibility index (Phi) is 5.70. The second-order valence-electron chi connectivity index (χ2n) is 7.30. The highest BCUT2D eigenvalue weighted by Crippen LogP contribution is 2.33. The molecule has 6 nitrogen and oxygen atoms in total. The second-order valence-corrected chi connectivity index (χ2v) is 9.54. The largest absolute Gasteiger partial charge is 0.324 e. The average Bonchev–Trinajstić information content (AvgIpc) is 3.19. The van der Waals surface area contributed by atoms with Crippen molar-refractivity contribution in [2.24, 2.45) is 0 Å². The Labute approximate surface area is 194 Å². The van der Waals surface area contributed by atoms with Gasteiger partial charge in [-0.3, -0.25) is 0 Å². The number of nitrogens with zero attached hydrogens (tertiary/aromatic N) is 4. The number of aromatic nitrogens is 4. The Morgan fingerprint density at radius 2 is 1.22 bits per heavy atom. The summed E-state index contributed by atoms with van der Waals surface area (Å²) < 4.78 is 2.03. The minimum atomic E-state index is 0.474. The first kappa shape index (κ1) is 20.4. The maximum atomic E-state index is 4.69. The molecule has 2 aromatic heterocycles. The summed E-state index contributed by atoms with van der Waals surface area (Å²) in [5.74, 6) is 0.948. The number of anilines is 4. The third-order valence-corrected chi connectivity index (χ3v) is 6.65. The zero-order chi connectivity index (χ0) is 21.9. The minimum Gasteiger partial charge on any atom is -0.324 e. The number of fused-ring (bicyclic) bond motifs is 1. The van der Waals surface area contributed by atoms with Crippen molar-refractivity contribution in [3.63, 3.8) is 0 Å². The molecule has 5 aromatic rings. The summed E-state index contributed by atoms with van der Waals surface area (Å²) in [6, 6.07) is 24.3. The second kappa shape index (κ2) is 8.94. The van der Waals surface area contributed by atoms with Crippen LogP contribution in [0.4, 0.5) is 23.3 Å². The number of benzene rings is 3. The van der Waals surface area contributed by atoms with Crippen LogP contribution in [0.3, 0.4) is 0 Å². The quantitative estimate of drug-likeness (QED) is 0.293. The van der Waals surface area contributed by atoms with E-state index < -0.39 is 0 Å². The molecule has 0 aliphatic rings.